The first-order valence-corrected chi connectivity index (χ1v) is 11.2. The standard InChI is InChI=1S/C24H25FN8O/c25-18-12-17(22(27)34)23(32-24(18)31-20-5-2-1-4-19(20)26)30-15-10-14-6-7-16(11-21(14)28-13-15)33-9-3-8-29-33/h3,6-13,19-20H,1-2,4-5,26H2,(H2,27,34)(H2,30,31,32)/t19-,20?/m0/s1. The molecule has 1 aromatic carbocycles. The molecule has 10 heteroatoms. The van der Waals surface area contributed by atoms with E-state index in [4.69, 9.17) is 11.5 Å². The molecule has 0 saturated heterocycles. The number of carbonyl (C=O) groups excluding carboxylic acids is 1. The fourth-order valence-electron chi connectivity index (χ4n) is 4.27. The highest BCUT2D eigenvalue weighted by molar-refractivity contribution is 5.99. The van der Waals surface area contributed by atoms with Crippen molar-refractivity contribution in [3.05, 3.63) is 66.4 Å². The lowest BCUT2D eigenvalue weighted by molar-refractivity contribution is 0.100. The third-order valence-corrected chi connectivity index (χ3v) is 6.08. The summed E-state index contributed by atoms with van der Waals surface area (Å²) in [5.74, 6) is -1.25. The van der Waals surface area contributed by atoms with E-state index in [9.17, 15) is 9.18 Å². The third kappa shape index (κ3) is 4.40. The highest BCUT2D eigenvalue weighted by Crippen LogP contribution is 2.28. The number of pyridine rings is 2. The molecule has 0 aliphatic heterocycles. The summed E-state index contributed by atoms with van der Waals surface area (Å²) in [7, 11) is 0. The number of nitrogens with zero attached hydrogens (tertiary/aromatic N) is 4. The summed E-state index contributed by atoms with van der Waals surface area (Å²) in [6.45, 7) is 0. The Morgan fingerprint density at radius 1 is 1.15 bits per heavy atom. The van der Waals surface area contributed by atoms with E-state index in [-0.39, 0.29) is 29.3 Å². The van der Waals surface area contributed by atoms with Gasteiger partial charge < -0.3 is 22.1 Å². The van der Waals surface area contributed by atoms with Crippen LogP contribution in [0.15, 0.2) is 55.0 Å². The summed E-state index contributed by atoms with van der Waals surface area (Å²) in [4.78, 5) is 20.9. The van der Waals surface area contributed by atoms with Gasteiger partial charge in [0.25, 0.3) is 5.91 Å². The molecule has 34 heavy (non-hydrogen) atoms. The van der Waals surface area contributed by atoms with Gasteiger partial charge in [-0.25, -0.2) is 14.1 Å². The summed E-state index contributed by atoms with van der Waals surface area (Å²) >= 11 is 0. The van der Waals surface area contributed by atoms with Gasteiger partial charge in [-0.2, -0.15) is 5.10 Å². The van der Waals surface area contributed by atoms with Crippen LogP contribution >= 0.6 is 0 Å². The van der Waals surface area contributed by atoms with Gasteiger partial charge in [-0.05, 0) is 43.2 Å². The van der Waals surface area contributed by atoms with Gasteiger partial charge in [0, 0.05) is 29.9 Å². The number of fused-ring (bicyclic) bond motifs is 1. The van der Waals surface area contributed by atoms with Gasteiger partial charge in [-0.15, -0.1) is 0 Å². The predicted molar refractivity (Wildman–Crippen MR) is 129 cm³/mol. The first-order valence-electron chi connectivity index (χ1n) is 11.2. The summed E-state index contributed by atoms with van der Waals surface area (Å²) in [5, 5.41) is 11.3. The van der Waals surface area contributed by atoms with Crippen molar-refractivity contribution in [3.63, 3.8) is 0 Å². The largest absolute Gasteiger partial charge is 0.365 e. The fraction of sp³-hybridized carbons (Fsp3) is 0.250. The topological polar surface area (TPSA) is 137 Å². The van der Waals surface area contributed by atoms with Gasteiger partial charge in [-0.1, -0.05) is 18.9 Å². The van der Waals surface area contributed by atoms with Crippen LogP contribution in [0.2, 0.25) is 0 Å². The molecule has 0 radical (unpaired) electrons. The molecule has 5 rings (SSSR count). The van der Waals surface area contributed by atoms with Crippen molar-refractivity contribution in [2.45, 2.75) is 37.8 Å². The molecule has 174 valence electrons. The van der Waals surface area contributed by atoms with Crippen LogP contribution in [0.4, 0.5) is 21.7 Å². The molecular weight excluding hydrogens is 435 g/mol. The van der Waals surface area contributed by atoms with Crippen LogP contribution in [-0.4, -0.2) is 37.7 Å². The lowest BCUT2D eigenvalue weighted by atomic mass is 9.91. The van der Waals surface area contributed by atoms with E-state index in [1.54, 1.807) is 17.1 Å². The summed E-state index contributed by atoms with van der Waals surface area (Å²) in [6.07, 6.45) is 8.96. The number of hydrogen-bond donors (Lipinski definition) is 4. The minimum atomic E-state index is -0.785. The number of carbonyl (C=O) groups is 1. The monoisotopic (exact) mass is 460 g/mol. The molecule has 1 aliphatic rings. The summed E-state index contributed by atoms with van der Waals surface area (Å²) in [5.41, 5.74) is 13.9. The molecule has 9 nitrogen and oxygen atoms in total. The summed E-state index contributed by atoms with van der Waals surface area (Å²) < 4.78 is 16.5. The molecule has 1 aliphatic carbocycles. The van der Waals surface area contributed by atoms with E-state index in [0.29, 0.717) is 5.69 Å². The second-order valence-electron chi connectivity index (χ2n) is 8.45. The van der Waals surface area contributed by atoms with Gasteiger partial charge in [0.15, 0.2) is 11.6 Å². The average molecular weight is 461 g/mol. The van der Waals surface area contributed by atoms with E-state index in [2.05, 4.69) is 25.7 Å². The van der Waals surface area contributed by atoms with Gasteiger partial charge in [0.05, 0.1) is 28.7 Å². The Morgan fingerprint density at radius 3 is 2.76 bits per heavy atom. The number of nitrogens with two attached hydrogens (primary N) is 2. The van der Waals surface area contributed by atoms with Crippen LogP contribution in [0.3, 0.4) is 0 Å². The van der Waals surface area contributed by atoms with Gasteiger partial charge in [-0.3, -0.25) is 9.78 Å². The zero-order valence-electron chi connectivity index (χ0n) is 18.4. The van der Waals surface area contributed by atoms with Gasteiger partial charge in [0.1, 0.15) is 5.82 Å². The van der Waals surface area contributed by atoms with Crippen molar-refractivity contribution >= 4 is 34.1 Å². The van der Waals surface area contributed by atoms with Crippen LogP contribution in [-0.2, 0) is 0 Å². The summed E-state index contributed by atoms with van der Waals surface area (Å²) in [6, 6.07) is 10.4. The molecule has 0 bridgehead atoms. The van der Waals surface area contributed by atoms with Crippen molar-refractivity contribution in [3.8, 4) is 5.69 Å². The van der Waals surface area contributed by atoms with Crippen LogP contribution in [0, 0.1) is 5.82 Å². The molecule has 1 saturated carbocycles. The molecule has 3 heterocycles. The van der Waals surface area contributed by atoms with Crippen LogP contribution in [0.25, 0.3) is 16.6 Å². The van der Waals surface area contributed by atoms with Crippen LogP contribution in [0.1, 0.15) is 36.0 Å². The first kappa shape index (κ1) is 21.8. The molecule has 1 amide bonds. The highest BCUT2D eigenvalue weighted by Gasteiger charge is 2.24. The smallest absolute Gasteiger partial charge is 0.252 e. The van der Waals surface area contributed by atoms with Crippen molar-refractivity contribution in [2.75, 3.05) is 10.6 Å². The molecule has 1 unspecified atom stereocenters. The number of halogens is 1. The normalized spacial score (nSPS) is 18.1. The Balaban J connectivity index is 1.45. The molecule has 3 aromatic heterocycles. The number of hydrogen-bond acceptors (Lipinski definition) is 7. The molecule has 4 aromatic rings. The van der Waals surface area contributed by atoms with Crippen LogP contribution in [0.5, 0.6) is 0 Å². The van der Waals surface area contributed by atoms with E-state index in [0.717, 1.165) is 48.3 Å². The number of amides is 1. The van der Waals surface area contributed by atoms with Gasteiger partial charge >= 0.3 is 0 Å². The SMILES string of the molecule is NC(=O)c1cc(F)c(NC2CCCC[C@@H]2N)nc1Nc1cnc2cc(-n3cccn3)ccc2c1. The van der Waals surface area contributed by atoms with E-state index in [1.807, 2.05) is 36.5 Å². The van der Waals surface area contributed by atoms with Gasteiger partial charge in [0.2, 0.25) is 0 Å². The zero-order chi connectivity index (χ0) is 23.7. The van der Waals surface area contributed by atoms with E-state index < -0.39 is 11.7 Å². The maximum Gasteiger partial charge on any atom is 0.252 e. The number of aromatic nitrogens is 4. The van der Waals surface area contributed by atoms with Crippen molar-refractivity contribution in [1.29, 1.82) is 0 Å². The highest BCUT2D eigenvalue weighted by atomic mass is 19.1. The van der Waals surface area contributed by atoms with E-state index in [1.165, 1.54) is 0 Å². The van der Waals surface area contributed by atoms with Crippen molar-refractivity contribution in [2.24, 2.45) is 11.5 Å². The Hall–Kier alpha value is -4.05. The van der Waals surface area contributed by atoms with E-state index >= 15 is 0 Å². The fourth-order valence-corrected chi connectivity index (χ4v) is 4.27. The number of nitrogens with one attached hydrogen (secondary N) is 2. The Labute approximate surface area is 195 Å². The second-order valence-corrected chi connectivity index (χ2v) is 8.45. The average Bonchev–Trinajstić information content (AvgIpc) is 3.37. The van der Waals surface area contributed by atoms with Crippen molar-refractivity contribution in [1.82, 2.24) is 19.7 Å². The van der Waals surface area contributed by atoms with Crippen molar-refractivity contribution < 1.29 is 9.18 Å². The predicted octanol–water partition coefficient (Wildman–Crippen LogP) is 3.48. The Kier molecular flexibility index (Phi) is 5.81. The minimum Gasteiger partial charge on any atom is -0.365 e. The lowest BCUT2D eigenvalue weighted by Crippen LogP contribution is -2.43. The number of primary amides is 1. The maximum absolute atomic E-state index is 14.8. The third-order valence-electron chi connectivity index (χ3n) is 6.08. The Bertz CT molecular complexity index is 1340. The van der Waals surface area contributed by atoms with Crippen LogP contribution < -0.4 is 22.1 Å². The number of rotatable bonds is 6. The second kappa shape index (κ2) is 9.06. The molecule has 6 N–H and O–H groups in total. The maximum atomic E-state index is 14.8. The molecular formula is C24H25FN8O. The first-order chi connectivity index (χ1) is 16.5. The minimum absolute atomic E-state index is 0.0347. The quantitative estimate of drug-likeness (QED) is 0.346. The lowest BCUT2D eigenvalue weighted by Gasteiger charge is -2.30. The molecule has 2 atom stereocenters. The number of benzene rings is 1. The Morgan fingerprint density at radius 2 is 2.00 bits per heavy atom. The molecule has 1 fully saturated rings. The number of anilines is 3. The molecule has 0 spiro atoms. The zero-order valence-corrected chi connectivity index (χ0v) is 18.4.